The van der Waals surface area contributed by atoms with Gasteiger partial charge in [-0.15, -0.1) is 11.3 Å². The fourth-order valence-corrected chi connectivity index (χ4v) is 5.00. The second kappa shape index (κ2) is 9.96. The molecule has 0 saturated carbocycles. The third kappa shape index (κ3) is 5.25. The van der Waals surface area contributed by atoms with Gasteiger partial charge in [0.2, 0.25) is 11.8 Å². The Kier molecular flexibility index (Phi) is 6.86. The molecule has 0 aliphatic carbocycles. The Morgan fingerprint density at radius 1 is 1.29 bits per heavy atom. The van der Waals surface area contributed by atoms with Crippen molar-refractivity contribution in [2.45, 2.75) is 38.6 Å². The molecule has 1 atom stereocenters. The Balaban J connectivity index is 1.31. The molecule has 0 spiro atoms. The van der Waals surface area contributed by atoms with E-state index in [1.165, 1.54) is 10.4 Å². The van der Waals surface area contributed by atoms with Crippen molar-refractivity contribution >= 4 is 34.8 Å². The number of para-hydroxylation sites is 1. The minimum atomic E-state index is 0.0257. The van der Waals surface area contributed by atoms with Gasteiger partial charge in [0, 0.05) is 55.5 Å². The van der Waals surface area contributed by atoms with Crippen LogP contribution >= 0.6 is 11.3 Å². The van der Waals surface area contributed by atoms with Crippen molar-refractivity contribution in [3.05, 3.63) is 51.7 Å². The summed E-state index contributed by atoms with van der Waals surface area (Å²) in [6, 6.07) is 10.0. The van der Waals surface area contributed by atoms with Crippen molar-refractivity contribution in [1.82, 2.24) is 15.5 Å². The molecule has 7 nitrogen and oxygen atoms in total. The maximum atomic E-state index is 12.6. The molecule has 3 heterocycles. The molecule has 1 aromatic heterocycles. The first-order chi connectivity index (χ1) is 15.1. The van der Waals surface area contributed by atoms with Crippen LogP contribution in [0.3, 0.4) is 0 Å². The smallest absolute Gasteiger partial charge is 0.225 e. The number of benzene rings is 1. The number of nitrogens with zero attached hydrogens (tertiary/aromatic N) is 2. The zero-order valence-corrected chi connectivity index (χ0v) is 18.6. The number of aliphatic imine (C=N–C) groups is 1. The van der Waals surface area contributed by atoms with E-state index in [0.717, 1.165) is 37.3 Å². The second-order valence-electron chi connectivity index (χ2n) is 7.87. The van der Waals surface area contributed by atoms with E-state index >= 15 is 0 Å². The molecule has 164 valence electrons. The van der Waals surface area contributed by atoms with Crippen molar-refractivity contribution < 1.29 is 9.59 Å². The second-order valence-corrected chi connectivity index (χ2v) is 8.87. The number of hydrogen-bond donors (Lipinski definition) is 3. The summed E-state index contributed by atoms with van der Waals surface area (Å²) < 4.78 is 0. The molecule has 3 N–H and O–H groups in total. The Bertz CT molecular complexity index is 970. The summed E-state index contributed by atoms with van der Waals surface area (Å²) in [5.74, 6) is 0.920. The highest BCUT2D eigenvalue weighted by Crippen LogP contribution is 2.32. The third-order valence-corrected chi connectivity index (χ3v) is 6.74. The zero-order valence-electron chi connectivity index (χ0n) is 17.8. The maximum Gasteiger partial charge on any atom is 0.225 e. The van der Waals surface area contributed by atoms with Crippen LogP contribution in [0.15, 0.2) is 40.7 Å². The van der Waals surface area contributed by atoms with Crippen molar-refractivity contribution in [2.24, 2.45) is 4.99 Å². The van der Waals surface area contributed by atoms with Crippen molar-refractivity contribution in [3.63, 3.8) is 0 Å². The van der Waals surface area contributed by atoms with Gasteiger partial charge in [0.1, 0.15) is 0 Å². The molecule has 4 rings (SSSR count). The number of carbonyl (C=O) groups excluding carboxylic acids is 2. The summed E-state index contributed by atoms with van der Waals surface area (Å²) in [4.78, 5) is 32.7. The van der Waals surface area contributed by atoms with Gasteiger partial charge in [0.25, 0.3) is 0 Å². The van der Waals surface area contributed by atoms with Crippen molar-refractivity contribution in [2.75, 3.05) is 31.5 Å². The first-order valence-electron chi connectivity index (χ1n) is 10.9. The van der Waals surface area contributed by atoms with Crippen LogP contribution in [0.2, 0.25) is 0 Å². The molecule has 2 amide bonds. The molecule has 0 fully saturated rings. The van der Waals surface area contributed by atoms with Crippen molar-refractivity contribution in [3.8, 4) is 0 Å². The van der Waals surface area contributed by atoms with E-state index < -0.39 is 0 Å². The number of fused-ring (bicyclic) bond motifs is 2. The predicted octanol–water partition coefficient (Wildman–Crippen LogP) is 2.70. The Hall–Kier alpha value is -2.87. The molecule has 31 heavy (non-hydrogen) atoms. The van der Waals surface area contributed by atoms with E-state index in [9.17, 15) is 9.59 Å². The summed E-state index contributed by atoms with van der Waals surface area (Å²) >= 11 is 1.78. The summed E-state index contributed by atoms with van der Waals surface area (Å²) in [6.07, 6.45) is 1.81. The van der Waals surface area contributed by atoms with Crippen LogP contribution in [0.25, 0.3) is 0 Å². The van der Waals surface area contributed by atoms with E-state index in [1.807, 2.05) is 36.1 Å². The fourth-order valence-electron chi connectivity index (χ4n) is 4.12. The van der Waals surface area contributed by atoms with E-state index in [0.29, 0.717) is 31.9 Å². The van der Waals surface area contributed by atoms with E-state index in [2.05, 4.69) is 27.4 Å². The molecule has 0 bridgehead atoms. The first kappa shape index (κ1) is 21.4. The molecule has 0 radical (unpaired) electrons. The molecule has 1 unspecified atom stereocenters. The van der Waals surface area contributed by atoms with Gasteiger partial charge in [-0.2, -0.15) is 0 Å². The van der Waals surface area contributed by atoms with Crippen LogP contribution < -0.4 is 16.0 Å². The van der Waals surface area contributed by atoms with Crippen LogP contribution in [0.1, 0.15) is 41.7 Å². The molecule has 0 saturated heterocycles. The van der Waals surface area contributed by atoms with Gasteiger partial charge >= 0.3 is 0 Å². The first-order valence-corrected chi connectivity index (χ1v) is 11.8. The molecular weight excluding hydrogens is 410 g/mol. The molecule has 8 heteroatoms. The lowest BCUT2D eigenvalue weighted by Crippen LogP contribution is -2.41. The number of rotatable bonds is 6. The van der Waals surface area contributed by atoms with Gasteiger partial charge < -0.3 is 20.9 Å². The summed E-state index contributed by atoms with van der Waals surface area (Å²) in [7, 11) is 0. The third-order valence-electron chi connectivity index (χ3n) is 5.71. The predicted molar refractivity (Wildman–Crippen MR) is 124 cm³/mol. The largest absolute Gasteiger partial charge is 0.357 e. The number of carbonyl (C=O) groups is 2. The lowest BCUT2D eigenvalue weighted by Gasteiger charge is -2.27. The summed E-state index contributed by atoms with van der Waals surface area (Å²) in [5.41, 5.74) is 3.27. The average Bonchev–Trinajstić information content (AvgIpc) is 3.25. The molecule has 1 aromatic carbocycles. The normalized spacial score (nSPS) is 18.1. The average molecular weight is 440 g/mol. The highest BCUT2D eigenvalue weighted by molar-refractivity contribution is 7.10. The Morgan fingerprint density at radius 2 is 2.16 bits per heavy atom. The number of nitrogens with one attached hydrogen (secondary N) is 3. The molecule has 2 aliphatic rings. The van der Waals surface area contributed by atoms with Gasteiger partial charge in [0.05, 0.1) is 6.54 Å². The van der Waals surface area contributed by atoms with E-state index in [-0.39, 0.29) is 17.7 Å². The quantitative estimate of drug-likeness (QED) is 0.477. The topological polar surface area (TPSA) is 85.8 Å². The van der Waals surface area contributed by atoms with Gasteiger partial charge in [-0.3, -0.25) is 14.6 Å². The van der Waals surface area contributed by atoms with E-state index in [4.69, 9.17) is 4.99 Å². The van der Waals surface area contributed by atoms with Gasteiger partial charge in [-0.1, -0.05) is 18.2 Å². The molecule has 2 aliphatic heterocycles. The van der Waals surface area contributed by atoms with Crippen LogP contribution in [0, 0.1) is 0 Å². The minimum Gasteiger partial charge on any atom is -0.357 e. The standard InChI is InChI=1S/C23H29N5O2S/c1-2-24-23(26-14-17-13-21(29)27-19-6-4-3-5-18(17)19)25-10-7-22(30)28-11-8-20-16(15-28)9-12-31-20/h3-6,9,12,17H,2,7-8,10-11,13-15H2,1H3,(H,27,29)(H2,24,25,26). The summed E-state index contributed by atoms with van der Waals surface area (Å²) in [6.45, 7) is 5.30. The minimum absolute atomic E-state index is 0.0257. The van der Waals surface area contributed by atoms with Crippen LogP contribution in [-0.4, -0.2) is 48.9 Å². The number of hydrogen-bond acceptors (Lipinski definition) is 4. The Morgan fingerprint density at radius 3 is 3.03 bits per heavy atom. The molecular formula is C23H29N5O2S. The molecule has 2 aromatic rings. The van der Waals surface area contributed by atoms with Crippen LogP contribution in [-0.2, 0) is 22.6 Å². The van der Waals surface area contributed by atoms with Gasteiger partial charge in [-0.25, -0.2) is 0 Å². The van der Waals surface area contributed by atoms with Crippen LogP contribution in [0.4, 0.5) is 5.69 Å². The SMILES string of the molecule is CCNC(=NCC1CC(=O)Nc2ccccc21)NCCC(=O)N1CCc2sccc2C1. The number of guanidine groups is 1. The number of thiophene rings is 1. The number of anilines is 1. The highest BCUT2D eigenvalue weighted by Gasteiger charge is 2.25. The Labute approximate surface area is 186 Å². The zero-order chi connectivity index (χ0) is 21.6. The van der Waals surface area contributed by atoms with Gasteiger partial charge in [0.15, 0.2) is 5.96 Å². The van der Waals surface area contributed by atoms with E-state index in [1.54, 1.807) is 11.3 Å². The van der Waals surface area contributed by atoms with Crippen LogP contribution in [0.5, 0.6) is 0 Å². The number of amides is 2. The summed E-state index contributed by atoms with van der Waals surface area (Å²) in [5, 5.41) is 11.5. The maximum absolute atomic E-state index is 12.6. The lowest BCUT2D eigenvalue weighted by atomic mass is 9.91. The lowest BCUT2D eigenvalue weighted by molar-refractivity contribution is -0.132. The monoisotopic (exact) mass is 439 g/mol. The van der Waals surface area contributed by atoms with Gasteiger partial charge in [-0.05, 0) is 42.0 Å². The highest BCUT2D eigenvalue weighted by atomic mass is 32.1. The fraction of sp³-hybridized carbons (Fsp3) is 0.435. The van der Waals surface area contributed by atoms with Crippen molar-refractivity contribution in [1.29, 1.82) is 0 Å².